The highest BCUT2D eigenvalue weighted by molar-refractivity contribution is 6.17. The quantitative estimate of drug-likeness (QED) is 0.597. The van der Waals surface area contributed by atoms with Crippen LogP contribution in [-0.2, 0) is 5.88 Å². The van der Waals surface area contributed by atoms with Gasteiger partial charge in [-0.2, -0.15) is 0 Å². The topological polar surface area (TPSA) is 12.0 Å². The van der Waals surface area contributed by atoms with Gasteiger partial charge >= 0.3 is 0 Å². The zero-order chi connectivity index (χ0) is 14.8. The fourth-order valence-electron chi connectivity index (χ4n) is 1.78. The molecule has 0 aliphatic carbocycles. The second kappa shape index (κ2) is 8.83. The molecule has 1 N–H and O–H groups in total. The van der Waals surface area contributed by atoms with Crippen LogP contribution in [0.4, 0.5) is 11.4 Å². The van der Waals surface area contributed by atoms with Crippen molar-refractivity contribution in [2.45, 2.75) is 5.88 Å². The van der Waals surface area contributed by atoms with Crippen LogP contribution in [0.25, 0.3) is 0 Å². The maximum Gasteiger partial charge on any atom is 0.0474 e. The molecule has 0 heterocycles. The van der Waals surface area contributed by atoms with Gasteiger partial charge in [0.15, 0.2) is 0 Å². The van der Waals surface area contributed by atoms with Crippen LogP contribution < -0.4 is 5.32 Å². The Morgan fingerprint density at radius 2 is 0.952 bits per heavy atom. The smallest absolute Gasteiger partial charge is 0.0474 e. The Kier molecular flexibility index (Phi) is 6.37. The monoisotopic (exact) mass is 295 g/mol. The van der Waals surface area contributed by atoms with E-state index in [1.165, 1.54) is 5.56 Å². The summed E-state index contributed by atoms with van der Waals surface area (Å²) < 4.78 is 0. The number of hydrogen-bond acceptors (Lipinski definition) is 1. The first-order valence-corrected chi connectivity index (χ1v) is 7.39. The lowest BCUT2D eigenvalue weighted by molar-refractivity contribution is 1.41. The van der Waals surface area contributed by atoms with E-state index in [0.717, 1.165) is 11.4 Å². The molecule has 0 aliphatic rings. The molecule has 0 fully saturated rings. The highest BCUT2D eigenvalue weighted by Gasteiger charge is 1.89. The lowest BCUT2D eigenvalue weighted by Gasteiger charge is -2.04. The number of halogens is 1. The van der Waals surface area contributed by atoms with Crippen molar-refractivity contribution in [3.05, 3.63) is 96.6 Å². The van der Waals surface area contributed by atoms with Gasteiger partial charge in [-0.25, -0.2) is 0 Å². The molecule has 1 nitrogen and oxygen atoms in total. The Hall–Kier alpha value is -2.25. The number of nitrogens with one attached hydrogen (secondary N) is 1. The molecule has 0 spiro atoms. The summed E-state index contributed by atoms with van der Waals surface area (Å²) in [6, 6.07) is 30.3. The SMILES string of the molecule is ClCc1ccccc1.c1ccc(Nc2ccccc2)cc1. The fraction of sp³-hybridized carbons (Fsp3) is 0.0526. The van der Waals surface area contributed by atoms with Crippen LogP contribution in [0, 0.1) is 0 Å². The van der Waals surface area contributed by atoms with Crippen molar-refractivity contribution in [3.8, 4) is 0 Å². The van der Waals surface area contributed by atoms with Gasteiger partial charge in [0, 0.05) is 17.3 Å². The molecule has 0 atom stereocenters. The van der Waals surface area contributed by atoms with Crippen LogP contribution in [-0.4, -0.2) is 0 Å². The normalized spacial score (nSPS) is 9.38. The van der Waals surface area contributed by atoms with E-state index in [-0.39, 0.29) is 0 Å². The number of anilines is 2. The molecule has 0 saturated carbocycles. The molecule has 21 heavy (non-hydrogen) atoms. The Balaban J connectivity index is 0.000000173. The van der Waals surface area contributed by atoms with E-state index in [9.17, 15) is 0 Å². The van der Waals surface area contributed by atoms with Crippen molar-refractivity contribution in [2.75, 3.05) is 5.32 Å². The van der Waals surface area contributed by atoms with Gasteiger partial charge in [-0.1, -0.05) is 66.7 Å². The third-order valence-electron chi connectivity index (χ3n) is 2.83. The van der Waals surface area contributed by atoms with Crippen molar-refractivity contribution in [1.29, 1.82) is 0 Å². The summed E-state index contributed by atoms with van der Waals surface area (Å²) in [5.41, 5.74) is 3.41. The molecule has 2 heteroatoms. The zero-order valence-corrected chi connectivity index (χ0v) is 12.5. The van der Waals surface area contributed by atoms with Crippen molar-refractivity contribution in [3.63, 3.8) is 0 Å². The summed E-state index contributed by atoms with van der Waals surface area (Å²) in [5.74, 6) is 0.612. The number of benzene rings is 3. The Labute approximate surface area is 131 Å². The molecule has 0 aliphatic heterocycles. The van der Waals surface area contributed by atoms with Gasteiger partial charge in [-0.05, 0) is 29.8 Å². The van der Waals surface area contributed by atoms with Gasteiger partial charge in [0.2, 0.25) is 0 Å². The van der Waals surface area contributed by atoms with Crippen LogP contribution in [0.1, 0.15) is 5.56 Å². The third-order valence-corrected chi connectivity index (χ3v) is 3.14. The minimum absolute atomic E-state index is 0.612. The first kappa shape index (κ1) is 15.1. The van der Waals surface area contributed by atoms with E-state index in [4.69, 9.17) is 11.6 Å². The lowest BCUT2D eigenvalue weighted by Crippen LogP contribution is -1.87. The molecule has 0 radical (unpaired) electrons. The first-order chi connectivity index (χ1) is 10.4. The number of alkyl halides is 1. The molecule has 0 unspecified atom stereocenters. The van der Waals surface area contributed by atoms with Gasteiger partial charge in [0.25, 0.3) is 0 Å². The van der Waals surface area contributed by atoms with E-state index in [0.29, 0.717) is 5.88 Å². The summed E-state index contributed by atoms with van der Waals surface area (Å²) in [6.07, 6.45) is 0. The highest BCUT2D eigenvalue weighted by Crippen LogP contribution is 2.14. The first-order valence-electron chi connectivity index (χ1n) is 6.85. The van der Waals surface area contributed by atoms with Gasteiger partial charge in [-0.3, -0.25) is 0 Å². The largest absolute Gasteiger partial charge is 0.356 e. The summed E-state index contributed by atoms with van der Waals surface area (Å²) in [5, 5.41) is 3.30. The standard InChI is InChI=1S/C12H11N.C7H7Cl/c1-3-7-11(8-4-1)13-12-9-5-2-6-10-12;8-6-7-4-2-1-3-5-7/h1-10,13H;1-5H,6H2. The number of para-hydroxylation sites is 2. The van der Waals surface area contributed by atoms with E-state index < -0.39 is 0 Å². The second-order valence-corrected chi connectivity index (χ2v) is 4.74. The predicted molar refractivity (Wildman–Crippen MR) is 92.2 cm³/mol. The molecule has 0 bridgehead atoms. The van der Waals surface area contributed by atoms with Gasteiger partial charge in [0.1, 0.15) is 0 Å². The maximum atomic E-state index is 5.53. The molecule has 0 saturated heterocycles. The highest BCUT2D eigenvalue weighted by atomic mass is 35.5. The zero-order valence-electron chi connectivity index (χ0n) is 11.7. The minimum Gasteiger partial charge on any atom is -0.356 e. The third kappa shape index (κ3) is 5.72. The van der Waals surface area contributed by atoms with E-state index in [1.54, 1.807) is 0 Å². The van der Waals surface area contributed by atoms with E-state index >= 15 is 0 Å². The van der Waals surface area contributed by atoms with Gasteiger partial charge in [-0.15, -0.1) is 11.6 Å². The summed E-state index contributed by atoms with van der Waals surface area (Å²) in [7, 11) is 0. The average Bonchev–Trinajstić information content (AvgIpc) is 2.58. The van der Waals surface area contributed by atoms with E-state index in [2.05, 4.69) is 5.32 Å². The second-order valence-electron chi connectivity index (χ2n) is 4.48. The van der Waals surface area contributed by atoms with Crippen molar-refractivity contribution in [1.82, 2.24) is 0 Å². The maximum absolute atomic E-state index is 5.53. The van der Waals surface area contributed by atoms with E-state index in [1.807, 2.05) is 91.0 Å². The summed E-state index contributed by atoms with van der Waals surface area (Å²) in [6.45, 7) is 0. The molecule has 106 valence electrons. The lowest BCUT2D eigenvalue weighted by atomic mass is 10.2. The van der Waals surface area contributed by atoms with Crippen molar-refractivity contribution >= 4 is 23.0 Å². The van der Waals surface area contributed by atoms with Crippen LogP contribution in [0.2, 0.25) is 0 Å². The molecular formula is C19H18ClN. The Bertz CT molecular complexity index is 571. The molecule has 0 aromatic heterocycles. The molecule has 3 rings (SSSR count). The average molecular weight is 296 g/mol. The van der Waals surface area contributed by atoms with Crippen LogP contribution in [0.15, 0.2) is 91.0 Å². The van der Waals surface area contributed by atoms with Crippen molar-refractivity contribution in [2.24, 2.45) is 0 Å². The molecule has 3 aromatic rings. The molecular weight excluding hydrogens is 278 g/mol. The molecule has 3 aromatic carbocycles. The van der Waals surface area contributed by atoms with Crippen molar-refractivity contribution < 1.29 is 0 Å². The minimum atomic E-state index is 0.612. The number of hydrogen-bond donors (Lipinski definition) is 1. The van der Waals surface area contributed by atoms with Crippen LogP contribution in [0.5, 0.6) is 0 Å². The molecule has 0 amide bonds. The Morgan fingerprint density at radius 1 is 0.571 bits per heavy atom. The number of rotatable bonds is 3. The van der Waals surface area contributed by atoms with Crippen LogP contribution in [0.3, 0.4) is 0 Å². The van der Waals surface area contributed by atoms with Gasteiger partial charge in [0.05, 0.1) is 0 Å². The van der Waals surface area contributed by atoms with Crippen LogP contribution >= 0.6 is 11.6 Å². The van der Waals surface area contributed by atoms with Gasteiger partial charge < -0.3 is 5.32 Å². The summed E-state index contributed by atoms with van der Waals surface area (Å²) in [4.78, 5) is 0. The summed E-state index contributed by atoms with van der Waals surface area (Å²) >= 11 is 5.53. The Morgan fingerprint density at radius 3 is 1.29 bits per heavy atom. The fourth-order valence-corrected chi connectivity index (χ4v) is 1.95. The predicted octanol–water partition coefficient (Wildman–Crippen LogP) is 5.86.